The number of nitrogens with one attached hydrogen (secondary N) is 2. The van der Waals surface area contributed by atoms with Gasteiger partial charge in [0.05, 0.1) is 12.5 Å². The topological polar surface area (TPSA) is 50.4 Å². The fourth-order valence-electron chi connectivity index (χ4n) is 2.36. The first-order chi connectivity index (χ1) is 7.75. The lowest BCUT2D eigenvalue weighted by atomic mass is 9.95. The molecule has 0 saturated carbocycles. The van der Waals surface area contributed by atoms with Gasteiger partial charge >= 0.3 is 0 Å². The maximum Gasteiger partial charge on any atom is 0.225 e. The first-order valence-corrected chi connectivity index (χ1v) is 6.34. The quantitative estimate of drug-likeness (QED) is 0.738. The number of amides is 1. The summed E-state index contributed by atoms with van der Waals surface area (Å²) in [5.74, 6) is 0.870. The molecule has 0 spiro atoms. The molecule has 2 aliphatic heterocycles. The van der Waals surface area contributed by atoms with E-state index in [2.05, 4.69) is 17.6 Å². The van der Waals surface area contributed by atoms with E-state index in [1.54, 1.807) is 0 Å². The number of rotatable bonds is 3. The van der Waals surface area contributed by atoms with Crippen LogP contribution in [0.15, 0.2) is 0 Å². The van der Waals surface area contributed by atoms with E-state index >= 15 is 0 Å². The van der Waals surface area contributed by atoms with E-state index < -0.39 is 0 Å². The second-order valence-corrected chi connectivity index (χ2v) is 5.06. The van der Waals surface area contributed by atoms with Crippen LogP contribution in [0.4, 0.5) is 0 Å². The predicted octanol–water partition coefficient (Wildman–Crippen LogP) is 0.527. The first-order valence-electron chi connectivity index (χ1n) is 6.34. The lowest BCUT2D eigenvalue weighted by molar-refractivity contribution is -0.125. The largest absolute Gasteiger partial charge is 0.381 e. The molecule has 0 aromatic rings. The van der Waals surface area contributed by atoms with Gasteiger partial charge in [0.1, 0.15) is 0 Å². The first kappa shape index (κ1) is 11.9. The molecule has 16 heavy (non-hydrogen) atoms. The van der Waals surface area contributed by atoms with E-state index in [1.807, 2.05) is 0 Å². The molecule has 2 rings (SSSR count). The summed E-state index contributed by atoms with van der Waals surface area (Å²) in [5.41, 5.74) is 0. The van der Waals surface area contributed by atoms with Crippen LogP contribution in [0.1, 0.15) is 26.2 Å². The van der Waals surface area contributed by atoms with E-state index in [1.165, 1.54) is 12.8 Å². The Kier molecular flexibility index (Phi) is 4.18. The van der Waals surface area contributed by atoms with Gasteiger partial charge in [0.25, 0.3) is 0 Å². The van der Waals surface area contributed by atoms with Crippen molar-refractivity contribution in [2.24, 2.45) is 11.8 Å². The highest BCUT2D eigenvalue weighted by molar-refractivity contribution is 5.78. The van der Waals surface area contributed by atoms with E-state index in [0.717, 1.165) is 26.1 Å². The van der Waals surface area contributed by atoms with Crippen LogP contribution in [0.2, 0.25) is 0 Å². The molecule has 92 valence electrons. The highest BCUT2D eigenvalue weighted by Crippen LogP contribution is 2.15. The van der Waals surface area contributed by atoms with E-state index in [-0.39, 0.29) is 11.8 Å². The third kappa shape index (κ3) is 3.19. The number of ether oxygens (including phenoxy) is 1. The van der Waals surface area contributed by atoms with Crippen molar-refractivity contribution in [3.05, 3.63) is 0 Å². The Bertz CT molecular complexity index is 231. The zero-order valence-corrected chi connectivity index (χ0v) is 10.00. The van der Waals surface area contributed by atoms with Crippen molar-refractivity contribution < 1.29 is 9.53 Å². The molecule has 2 saturated heterocycles. The Morgan fingerprint density at radius 2 is 2.31 bits per heavy atom. The number of carbonyl (C=O) groups excluding carboxylic acids is 1. The van der Waals surface area contributed by atoms with Crippen molar-refractivity contribution in [2.75, 3.05) is 26.3 Å². The number of carbonyl (C=O) groups is 1. The summed E-state index contributed by atoms with van der Waals surface area (Å²) in [4.78, 5) is 11.7. The smallest absolute Gasteiger partial charge is 0.225 e. The standard InChI is InChI=1S/C12H22N2O2/c1-9-2-3-10(6-13-9)7-14-12(15)11-4-5-16-8-11/h9-11,13H,2-8H2,1H3,(H,14,15). The lowest BCUT2D eigenvalue weighted by Crippen LogP contribution is -2.43. The Labute approximate surface area is 97.1 Å². The summed E-state index contributed by atoms with van der Waals surface area (Å²) in [6.07, 6.45) is 3.31. The predicted molar refractivity (Wildman–Crippen MR) is 62.1 cm³/mol. The summed E-state index contributed by atoms with van der Waals surface area (Å²) < 4.78 is 5.21. The minimum absolute atomic E-state index is 0.0930. The fraction of sp³-hybridized carbons (Fsp3) is 0.917. The van der Waals surface area contributed by atoms with Crippen LogP contribution in [-0.4, -0.2) is 38.3 Å². The van der Waals surface area contributed by atoms with Gasteiger partial charge in [-0.1, -0.05) is 0 Å². The van der Waals surface area contributed by atoms with Crippen molar-refractivity contribution in [3.63, 3.8) is 0 Å². The molecular formula is C12H22N2O2. The maximum atomic E-state index is 11.7. The SMILES string of the molecule is CC1CCC(CNC(=O)C2CCOC2)CN1. The molecule has 2 fully saturated rings. The average Bonchev–Trinajstić information content (AvgIpc) is 2.81. The minimum Gasteiger partial charge on any atom is -0.381 e. The fourth-order valence-corrected chi connectivity index (χ4v) is 2.36. The van der Waals surface area contributed by atoms with Crippen LogP contribution in [0.3, 0.4) is 0 Å². The van der Waals surface area contributed by atoms with Crippen LogP contribution in [0.25, 0.3) is 0 Å². The van der Waals surface area contributed by atoms with Gasteiger partial charge in [-0.05, 0) is 38.6 Å². The Hall–Kier alpha value is -0.610. The number of piperidine rings is 1. The second-order valence-electron chi connectivity index (χ2n) is 5.06. The Balaban J connectivity index is 1.65. The van der Waals surface area contributed by atoms with Gasteiger partial charge in [0.2, 0.25) is 5.91 Å². The zero-order chi connectivity index (χ0) is 11.4. The zero-order valence-electron chi connectivity index (χ0n) is 10.00. The number of hydrogen-bond donors (Lipinski definition) is 2. The normalized spacial score (nSPS) is 34.9. The summed E-state index contributed by atoms with van der Waals surface area (Å²) in [7, 11) is 0. The van der Waals surface area contributed by atoms with Gasteiger partial charge < -0.3 is 15.4 Å². The van der Waals surface area contributed by atoms with Crippen LogP contribution in [0.5, 0.6) is 0 Å². The van der Waals surface area contributed by atoms with Gasteiger partial charge in [-0.15, -0.1) is 0 Å². The monoisotopic (exact) mass is 226 g/mol. The molecule has 0 aliphatic carbocycles. The van der Waals surface area contributed by atoms with Gasteiger partial charge in [0.15, 0.2) is 0 Å². The molecule has 2 N–H and O–H groups in total. The maximum absolute atomic E-state index is 11.7. The molecule has 2 heterocycles. The molecule has 0 aromatic heterocycles. The summed E-state index contributed by atoms with van der Waals surface area (Å²) >= 11 is 0. The van der Waals surface area contributed by atoms with Crippen LogP contribution in [0, 0.1) is 11.8 Å². The van der Waals surface area contributed by atoms with Gasteiger partial charge in [-0.2, -0.15) is 0 Å². The summed E-state index contributed by atoms with van der Waals surface area (Å²) in [6.45, 7) is 5.40. The van der Waals surface area contributed by atoms with E-state index in [4.69, 9.17) is 4.74 Å². The van der Waals surface area contributed by atoms with Crippen molar-refractivity contribution in [1.29, 1.82) is 0 Å². The van der Waals surface area contributed by atoms with E-state index in [9.17, 15) is 4.79 Å². The van der Waals surface area contributed by atoms with Gasteiger partial charge in [-0.3, -0.25) is 4.79 Å². The molecule has 2 aliphatic rings. The van der Waals surface area contributed by atoms with Crippen molar-refractivity contribution in [2.45, 2.75) is 32.2 Å². The van der Waals surface area contributed by atoms with Crippen molar-refractivity contribution in [1.82, 2.24) is 10.6 Å². The Morgan fingerprint density at radius 3 is 2.94 bits per heavy atom. The molecule has 4 nitrogen and oxygen atoms in total. The third-order valence-electron chi connectivity index (χ3n) is 3.63. The highest BCUT2D eigenvalue weighted by atomic mass is 16.5. The molecule has 0 aromatic carbocycles. The molecule has 3 atom stereocenters. The molecule has 0 bridgehead atoms. The van der Waals surface area contributed by atoms with Crippen molar-refractivity contribution >= 4 is 5.91 Å². The van der Waals surface area contributed by atoms with Crippen LogP contribution < -0.4 is 10.6 Å². The lowest BCUT2D eigenvalue weighted by Gasteiger charge is -2.28. The highest BCUT2D eigenvalue weighted by Gasteiger charge is 2.24. The number of hydrogen-bond acceptors (Lipinski definition) is 3. The minimum atomic E-state index is 0.0930. The third-order valence-corrected chi connectivity index (χ3v) is 3.63. The summed E-state index contributed by atoms with van der Waals surface area (Å²) in [6, 6.07) is 0.634. The molecule has 3 unspecified atom stereocenters. The van der Waals surface area contributed by atoms with Gasteiger partial charge in [-0.25, -0.2) is 0 Å². The molecule has 0 radical (unpaired) electrons. The van der Waals surface area contributed by atoms with Crippen molar-refractivity contribution in [3.8, 4) is 0 Å². The molecule has 1 amide bonds. The van der Waals surface area contributed by atoms with Crippen LogP contribution in [-0.2, 0) is 9.53 Å². The molecule has 4 heteroatoms. The molecular weight excluding hydrogens is 204 g/mol. The summed E-state index contributed by atoms with van der Waals surface area (Å²) in [5, 5.41) is 6.50. The van der Waals surface area contributed by atoms with Crippen LogP contribution >= 0.6 is 0 Å². The average molecular weight is 226 g/mol. The van der Waals surface area contributed by atoms with E-state index in [0.29, 0.717) is 18.6 Å². The second kappa shape index (κ2) is 5.64. The van der Waals surface area contributed by atoms with Gasteiger partial charge in [0, 0.05) is 19.2 Å². The Morgan fingerprint density at radius 1 is 1.44 bits per heavy atom.